The van der Waals surface area contributed by atoms with Gasteiger partial charge in [0.25, 0.3) is 0 Å². The largest absolute Gasteiger partial charge is 0.350 e. The summed E-state index contributed by atoms with van der Waals surface area (Å²) < 4.78 is 0. The Kier molecular flexibility index (Phi) is 8.31. The lowest BCUT2D eigenvalue weighted by Crippen LogP contribution is -2.43. The van der Waals surface area contributed by atoms with Crippen molar-refractivity contribution >= 4 is 46.6 Å². The molecular weight excluding hydrogens is 364 g/mol. The third-order valence-electron chi connectivity index (χ3n) is 3.57. The fraction of sp³-hybridized carbons (Fsp3) is 0.300. The molecule has 6 heteroatoms. The van der Waals surface area contributed by atoms with Crippen LogP contribution in [0.5, 0.6) is 0 Å². The van der Waals surface area contributed by atoms with Crippen molar-refractivity contribution in [3.63, 3.8) is 0 Å². The molecule has 0 bridgehead atoms. The average molecular weight is 389 g/mol. The van der Waals surface area contributed by atoms with E-state index in [0.29, 0.717) is 12.5 Å². The smallest absolute Gasteiger partial charge is 0.244 e. The number of carbonyl (C=O) groups is 2. The maximum atomic E-state index is 12.1. The van der Waals surface area contributed by atoms with E-state index in [4.69, 9.17) is 0 Å². The topological polar surface area (TPSA) is 58.2 Å². The molecule has 0 fully saturated rings. The van der Waals surface area contributed by atoms with Crippen LogP contribution in [0.3, 0.4) is 0 Å². The zero-order valence-corrected chi connectivity index (χ0v) is 16.6. The lowest BCUT2D eigenvalue weighted by molar-refractivity contribution is -0.119. The number of rotatable bonds is 9. The molecule has 2 heterocycles. The minimum absolute atomic E-state index is 0.104. The lowest BCUT2D eigenvalue weighted by Gasteiger charge is -2.20. The van der Waals surface area contributed by atoms with E-state index >= 15 is 0 Å². The van der Waals surface area contributed by atoms with Crippen molar-refractivity contribution in [2.24, 2.45) is 5.92 Å². The highest BCUT2D eigenvalue weighted by atomic mass is 32.1. The normalized spacial score (nSPS) is 12.7. The van der Waals surface area contributed by atoms with Crippen LogP contribution in [0.1, 0.15) is 31.4 Å². The van der Waals surface area contributed by atoms with E-state index in [1.54, 1.807) is 34.8 Å². The number of amides is 2. The molecule has 1 unspecified atom stereocenters. The summed E-state index contributed by atoms with van der Waals surface area (Å²) in [4.78, 5) is 24.1. The van der Waals surface area contributed by atoms with Crippen molar-refractivity contribution in [1.29, 1.82) is 0 Å². The molecule has 4 nitrogen and oxygen atoms in total. The van der Waals surface area contributed by atoms with Gasteiger partial charge in [-0.2, -0.15) is 22.7 Å². The van der Waals surface area contributed by atoms with Crippen LogP contribution in [0.15, 0.2) is 45.8 Å². The second kappa shape index (κ2) is 10.7. The Morgan fingerprint density at radius 1 is 1.00 bits per heavy atom. The average Bonchev–Trinajstić information content (AvgIpc) is 3.29. The molecule has 0 aromatic carbocycles. The van der Waals surface area contributed by atoms with Gasteiger partial charge in [-0.3, -0.25) is 9.59 Å². The molecule has 1 atom stereocenters. The van der Waals surface area contributed by atoms with Crippen LogP contribution in [0.4, 0.5) is 0 Å². The highest BCUT2D eigenvalue weighted by molar-refractivity contribution is 7.08. The molecule has 2 aromatic heterocycles. The van der Waals surface area contributed by atoms with Gasteiger partial charge >= 0.3 is 0 Å². The summed E-state index contributed by atoms with van der Waals surface area (Å²) in [5, 5.41) is 13.7. The molecule has 26 heavy (non-hydrogen) atoms. The number of carbonyl (C=O) groups excluding carboxylic acids is 2. The molecule has 0 aliphatic rings. The minimum atomic E-state index is -0.159. The van der Waals surface area contributed by atoms with E-state index in [9.17, 15) is 9.59 Å². The standard InChI is InChI=1S/C20H24N2O2S2/c1-15(2)11-18(22-20(24)6-4-17-8-10-26-14-17)12-21-19(23)5-3-16-7-9-25-13-16/h3-10,13-15,18H,11-12H2,1-2H3,(H,21,23)(H,22,24)/b5-3+,6-4+. The summed E-state index contributed by atoms with van der Waals surface area (Å²) in [6, 6.07) is 3.81. The fourth-order valence-corrected chi connectivity index (χ4v) is 3.63. The molecule has 2 rings (SSSR count). The van der Waals surface area contributed by atoms with E-state index in [2.05, 4.69) is 24.5 Å². The Bertz CT molecular complexity index is 732. The van der Waals surface area contributed by atoms with Crippen LogP contribution < -0.4 is 10.6 Å². The summed E-state index contributed by atoms with van der Waals surface area (Å²) in [6.45, 7) is 4.60. The number of nitrogens with one attached hydrogen (secondary N) is 2. The summed E-state index contributed by atoms with van der Waals surface area (Å²) in [5.74, 6) is 0.109. The molecule has 0 radical (unpaired) electrons. The minimum Gasteiger partial charge on any atom is -0.350 e. The van der Waals surface area contributed by atoms with Gasteiger partial charge in [-0.1, -0.05) is 13.8 Å². The molecular formula is C20H24N2O2S2. The Hall–Kier alpha value is -2.18. The quantitative estimate of drug-likeness (QED) is 0.633. The molecule has 0 saturated carbocycles. The third-order valence-corrected chi connectivity index (χ3v) is 4.97. The number of hydrogen-bond donors (Lipinski definition) is 2. The van der Waals surface area contributed by atoms with Gasteiger partial charge in [-0.15, -0.1) is 0 Å². The Morgan fingerprint density at radius 2 is 1.58 bits per heavy atom. The van der Waals surface area contributed by atoms with Crippen LogP contribution >= 0.6 is 22.7 Å². The first-order chi connectivity index (χ1) is 12.5. The Labute approximate surface area is 162 Å². The van der Waals surface area contributed by atoms with Crippen molar-refractivity contribution in [3.05, 3.63) is 56.9 Å². The van der Waals surface area contributed by atoms with Crippen LogP contribution in [0.25, 0.3) is 12.2 Å². The van der Waals surface area contributed by atoms with Crippen LogP contribution in [-0.2, 0) is 9.59 Å². The molecule has 138 valence electrons. The van der Waals surface area contributed by atoms with Crippen molar-refractivity contribution in [2.75, 3.05) is 6.54 Å². The van der Waals surface area contributed by atoms with Gasteiger partial charge < -0.3 is 10.6 Å². The maximum Gasteiger partial charge on any atom is 0.244 e. The monoisotopic (exact) mass is 388 g/mol. The van der Waals surface area contributed by atoms with Gasteiger partial charge in [-0.05, 0) is 69.3 Å². The molecule has 0 saturated heterocycles. The predicted octanol–water partition coefficient (Wildman–Crippen LogP) is 4.18. The van der Waals surface area contributed by atoms with Gasteiger partial charge in [0.2, 0.25) is 11.8 Å². The number of thiophene rings is 2. The van der Waals surface area contributed by atoms with Gasteiger partial charge in [-0.25, -0.2) is 0 Å². The molecule has 2 aromatic rings. The maximum absolute atomic E-state index is 12.1. The van der Waals surface area contributed by atoms with E-state index in [0.717, 1.165) is 17.5 Å². The van der Waals surface area contributed by atoms with Crippen LogP contribution in [0, 0.1) is 5.92 Å². The van der Waals surface area contributed by atoms with Crippen LogP contribution in [0.2, 0.25) is 0 Å². The summed E-state index contributed by atoms with van der Waals surface area (Å²) in [6.07, 6.45) is 7.43. The van der Waals surface area contributed by atoms with E-state index in [1.165, 1.54) is 12.2 Å². The zero-order chi connectivity index (χ0) is 18.8. The van der Waals surface area contributed by atoms with Gasteiger partial charge in [0, 0.05) is 24.7 Å². The predicted molar refractivity (Wildman–Crippen MR) is 111 cm³/mol. The van der Waals surface area contributed by atoms with E-state index in [-0.39, 0.29) is 17.9 Å². The van der Waals surface area contributed by atoms with Crippen molar-refractivity contribution < 1.29 is 9.59 Å². The van der Waals surface area contributed by atoms with Gasteiger partial charge in [0.05, 0.1) is 0 Å². The molecule has 0 aliphatic heterocycles. The fourth-order valence-electron chi connectivity index (χ4n) is 2.38. The third kappa shape index (κ3) is 7.80. The summed E-state index contributed by atoms with van der Waals surface area (Å²) in [5.41, 5.74) is 2.02. The first-order valence-electron chi connectivity index (χ1n) is 8.52. The highest BCUT2D eigenvalue weighted by Gasteiger charge is 2.13. The Balaban J connectivity index is 1.83. The van der Waals surface area contributed by atoms with Crippen LogP contribution in [-0.4, -0.2) is 24.4 Å². The SMILES string of the molecule is CC(C)CC(CNC(=O)/C=C/c1ccsc1)NC(=O)/C=C/c1ccsc1. The van der Waals surface area contributed by atoms with Crippen molar-refractivity contribution in [1.82, 2.24) is 10.6 Å². The van der Waals surface area contributed by atoms with E-state index in [1.807, 2.05) is 33.7 Å². The molecule has 2 N–H and O–H groups in total. The van der Waals surface area contributed by atoms with Gasteiger partial charge in [0.1, 0.15) is 0 Å². The summed E-state index contributed by atoms with van der Waals surface area (Å²) >= 11 is 3.18. The van der Waals surface area contributed by atoms with Gasteiger partial charge in [0.15, 0.2) is 0 Å². The first kappa shape index (κ1) is 20.1. The van der Waals surface area contributed by atoms with Crippen molar-refractivity contribution in [2.45, 2.75) is 26.3 Å². The summed E-state index contributed by atoms with van der Waals surface area (Å²) in [7, 11) is 0. The second-order valence-corrected chi connectivity index (χ2v) is 7.92. The molecule has 0 aliphatic carbocycles. The zero-order valence-electron chi connectivity index (χ0n) is 15.0. The first-order valence-corrected chi connectivity index (χ1v) is 10.4. The van der Waals surface area contributed by atoms with Crippen molar-refractivity contribution in [3.8, 4) is 0 Å². The van der Waals surface area contributed by atoms with E-state index < -0.39 is 0 Å². The molecule has 0 spiro atoms. The Morgan fingerprint density at radius 3 is 2.08 bits per heavy atom. The molecule has 2 amide bonds. The number of hydrogen-bond acceptors (Lipinski definition) is 4. The second-order valence-electron chi connectivity index (χ2n) is 6.36. The lowest BCUT2D eigenvalue weighted by atomic mass is 10.0. The highest BCUT2D eigenvalue weighted by Crippen LogP contribution is 2.09.